The molecule has 2 aliphatic rings. The van der Waals surface area contributed by atoms with Crippen molar-refractivity contribution in [3.63, 3.8) is 0 Å². The monoisotopic (exact) mass is 362 g/mol. The number of rotatable bonds is 4. The van der Waals surface area contributed by atoms with Crippen LogP contribution in [0.5, 0.6) is 11.5 Å². The Labute approximate surface area is 160 Å². The molecule has 0 spiro atoms. The van der Waals surface area contributed by atoms with Gasteiger partial charge in [-0.2, -0.15) is 0 Å². The largest absolute Gasteiger partial charge is 0.508 e. The van der Waals surface area contributed by atoms with E-state index in [4.69, 9.17) is 0 Å². The van der Waals surface area contributed by atoms with Crippen LogP contribution in [0.15, 0.2) is 36.4 Å². The number of Topliss-reactive ketones (excluding diaryl/α,β-unsaturated/α-hetero) is 1. The Balaban J connectivity index is 2.00. The number of fused-ring (bicyclic) bond motifs is 3. The van der Waals surface area contributed by atoms with Crippen LogP contribution in [0.1, 0.15) is 61.3 Å². The lowest BCUT2D eigenvalue weighted by atomic mass is 9.66. The molecule has 0 radical (unpaired) electrons. The van der Waals surface area contributed by atoms with E-state index in [9.17, 15) is 15.0 Å². The Morgan fingerprint density at radius 2 is 1.81 bits per heavy atom. The maximum Gasteiger partial charge on any atom is 0.163 e. The van der Waals surface area contributed by atoms with Crippen molar-refractivity contribution in [2.45, 2.75) is 52.4 Å². The van der Waals surface area contributed by atoms with Gasteiger partial charge < -0.3 is 10.2 Å². The zero-order valence-electron chi connectivity index (χ0n) is 16.0. The molecule has 140 valence electrons. The van der Waals surface area contributed by atoms with E-state index in [0.29, 0.717) is 12.2 Å². The minimum atomic E-state index is -0.0297. The number of aromatic hydroxyl groups is 2. The molecule has 0 aromatic heterocycles. The molecule has 4 rings (SSSR count). The summed E-state index contributed by atoms with van der Waals surface area (Å²) in [7, 11) is 0. The van der Waals surface area contributed by atoms with Crippen molar-refractivity contribution in [1.29, 1.82) is 0 Å². The van der Waals surface area contributed by atoms with Crippen LogP contribution >= 0.6 is 0 Å². The predicted molar refractivity (Wildman–Crippen MR) is 108 cm³/mol. The summed E-state index contributed by atoms with van der Waals surface area (Å²) in [4.78, 5) is 13.0. The fourth-order valence-electron chi connectivity index (χ4n) is 4.94. The van der Waals surface area contributed by atoms with Gasteiger partial charge in [-0.1, -0.05) is 38.0 Å². The molecule has 2 N–H and O–H groups in total. The van der Waals surface area contributed by atoms with Crippen LogP contribution in [0, 0.1) is 12.3 Å². The molecule has 0 heterocycles. The Morgan fingerprint density at radius 3 is 2.52 bits per heavy atom. The van der Waals surface area contributed by atoms with Gasteiger partial charge in [-0.05, 0) is 72.2 Å². The van der Waals surface area contributed by atoms with Gasteiger partial charge >= 0.3 is 0 Å². The molecular formula is C24H26O3. The number of carbonyl (C=O) groups is 1. The zero-order valence-corrected chi connectivity index (χ0v) is 16.0. The molecule has 2 aliphatic carbocycles. The number of phenols is 2. The average Bonchev–Trinajstić information content (AvgIpc) is 3.00. The smallest absolute Gasteiger partial charge is 0.163 e. The molecule has 0 saturated heterocycles. The van der Waals surface area contributed by atoms with Crippen molar-refractivity contribution in [3.05, 3.63) is 58.7 Å². The highest BCUT2D eigenvalue weighted by molar-refractivity contribution is 6.30. The predicted octanol–water partition coefficient (Wildman–Crippen LogP) is 5.41. The van der Waals surface area contributed by atoms with Crippen LogP contribution in [-0.4, -0.2) is 16.0 Å². The van der Waals surface area contributed by atoms with Gasteiger partial charge in [0.25, 0.3) is 0 Å². The molecule has 27 heavy (non-hydrogen) atoms. The maximum absolute atomic E-state index is 13.0. The molecule has 0 fully saturated rings. The lowest BCUT2D eigenvalue weighted by molar-refractivity contribution is -0.114. The van der Waals surface area contributed by atoms with Crippen LogP contribution in [0.2, 0.25) is 0 Å². The van der Waals surface area contributed by atoms with E-state index < -0.39 is 0 Å². The third-order valence-electron chi connectivity index (χ3n) is 6.41. The number of carbonyl (C=O) groups excluding carboxylic acids is 1. The van der Waals surface area contributed by atoms with Crippen LogP contribution in [0.4, 0.5) is 0 Å². The highest BCUT2D eigenvalue weighted by Crippen LogP contribution is 2.59. The molecule has 2 aromatic rings. The van der Waals surface area contributed by atoms with E-state index in [2.05, 4.69) is 6.92 Å². The highest BCUT2D eigenvalue weighted by atomic mass is 16.3. The molecular weight excluding hydrogens is 336 g/mol. The van der Waals surface area contributed by atoms with E-state index in [1.54, 1.807) is 18.2 Å². The maximum atomic E-state index is 13.0. The van der Waals surface area contributed by atoms with Gasteiger partial charge in [0.15, 0.2) is 5.78 Å². The molecule has 0 aliphatic heterocycles. The number of allylic oxidation sites excluding steroid dienone is 2. The minimum absolute atomic E-state index is 0.0297. The number of ketones is 1. The summed E-state index contributed by atoms with van der Waals surface area (Å²) in [5, 5.41) is 19.9. The second kappa shape index (κ2) is 6.56. The second-order valence-corrected chi connectivity index (χ2v) is 8.02. The quantitative estimate of drug-likeness (QED) is 0.764. The number of benzene rings is 2. The van der Waals surface area contributed by atoms with E-state index in [0.717, 1.165) is 59.9 Å². The van der Waals surface area contributed by atoms with Gasteiger partial charge in [-0.15, -0.1) is 0 Å². The van der Waals surface area contributed by atoms with E-state index in [1.807, 2.05) is 25.1 Å². The normalized spacial score (nSPS) is 21.3. The third kappa shape index (κ3) is 2.77. The summed E-state index contributed by atoms with van der Waals surface area (Å²) in [5.41, 5.74) is 6.06. The van der Waals surface area contributed by atoms with E-state index in [1.165, 1.54) is 5.56 Å². The SMILES string of the molecule is CCCCC12CCC(=O)C(c3ccc(O)cc3)=C1c1ccc(O)c(C)c1C2. The van der Waals surface area contributed by atoms with Crippen molar-refractivity contribution in [2.24, 2.45) is 5.41 Å². The summed E-state index contributed by atoms with van der Waals surface area (Å²) in [5.74, 6) is 0.718. The first kappa shape index (κ1) is 17.8. The number of hydrogen-bond acceptors (Lipinski definition) is 3. The van der Waals surface area contributed by atoms with Gasteiger partial charge in [-0.25, -0.2) is 0 Å². The van der Waals surface area contributed by atoms with Gasteiger partial charge in [0, 0.05) is 17.4 Å². The first-order chi connectivity index (χ1) is 13.0. The van der Waals surface area contributed by atoms with E-state index >= 15 is 0 Å². The van der Waals surface area contributed by atoms with Crippen molar-refractivity contribution in [2.75, 3.05) is 0 Å². The molecule has 1 unspecified atom stereocenters. The van der Waals surface area contributed by atoms with Crippen LogP contribution in [-0.2, 0) is 11.2 Å². The summed E-state index contributed by atoms with van der Waals surface area (Å²) >= 11 is 0. The Bertz CT molecular complexity index is 937. The lowest BCUT2D eigenvalue weighted by Gasteiger charge is -2.36. The minimum Gasteiger partial charge on any atom is -0.508 e. The fourth-order valence-corrected chi connectivity index (χ4v) is 4.94. The number of phenolic OH excluding ortho intramolecular Hbond substituents is 2. The summed E-state index contributed by atoms with van der Waals surface area (Å²) in [6.45, 7) is 4.18. The standard InChI is InChI=1S/C24H26O3/c1-3-4-12-24-13-11-21(27)22(16-5-7-17(25)8-6-16)23(24)18-9-10-20(26)15(2)19(18)14-24/h5-10,25-26H,3-4,11-14H2,1-2H3. The summed E-state index contributed by atoms with van der Waals surface area (Å²) in [6.07, 6.45) is 5.63. The second-order valence-electron chi connectivity index (χ2n) is 8.02. The van der Waals surface area contributed by atoms with E-state index in [-0.39, 0.29) is 16.9 Å². The molecule has 2 aromatic carbocycles. The molecule has 1 atom stereocenters. The van der Waals surface area contributed by atoms with Crippen LogP contribution < -0.4 is 0 Å². The average molecular weight is 362 g/mol. The summed E-state index contributed by atoms with van der Waals surface area (Å²) < 4.78 is 0. The van der Waals surface area contributed by atoms with Crippen LogP contribution in [0.3, 0.4) is 0 Å². The van der Waals surface area contributed by atoms with Crippen molar-refractivity contribution in [3.8, 4) is 11.5 Å². The van der Waals surface area contributed by atoms with Crippen LogP contribution in [0.25, 0.3) is 11.1 Å². The molecule has 3 nitrogen and oxygen atoms in total. The fraction of sp³-hybridized carbons (Fsp3) is 0.375. The Kier molecular flexibility index (Phi) is 4.33. The molecule has 0 bridgehead atoms. The Hall–Kier alpha value is -2.55. The van der Waals surface area contributed by atoms with Gasteiger partial charge in [0.05, 0.1) is 0 Å². The van der Waals surface area contributed by atoms with Crippen molar-refractivity contribution < 1.29 is 15.0 Å². The lowest BCUT2D eigenvalue weighted by Crippen LogP contribution is -2.28. The number of unbranched alkanes of at least 4 members (excludes halogenated alkanes) is 1. The topological polar surface area (TPSA) is 57.5 Å². The van der Waals surface area contributed by atoms with Gasteiger partial charge in [0.2, 0.25) is 0 Å². The third-order valence-corrected chi connectivity index (χ3v) is 6.41. The molecule has 0 saturated carbocycles. The molecule has 0 amide bonds. The highest BCUT2D eigenvalue weighted by Gasteiger charge is 2.47. The van der Waals surface area contributed by atoms with Gasteiger partial charge in [0.1, 0.15) is 11.5 Å². The zero-order chi connectivity index (χ0) is 19.2. The number of hydrogen-bond donors (Lipinski definition) is 2. The first-order valence-electron chi connectivity index (χ1n) is 9.86. The van der Waals surface area contributed by atoms with Gasteiger partial charge in [-0.3, -0.25) is 4.79 Å². The van der Waals surface area contributed by atoms with Crippen molar-refractivity contribution >= 4 is 16.9 Å². The molecule has 3 heteroatoms. The van der Waals surface area contributed by atoms with Crippen molar-refractivity contribution in [1.82, 2.24) is 0 Å². The first-order valence-corrected chi connectivity index (χ1v) is 9.86. The summed E-state index contributed by atoms with van der Waals surface area (Å²) in [6, 6.07) is 10.7. The Morgan fingerprint density at radius 1 is 1.07 bits per heavy atom.